The molecule has 118 valence electrons. The van der Waals surface area contributed by atoms with Gasteiger partial charge in [-0.3, -0.25) is 0 Å². The van der Waals surface area contributed by atoms with Gasteiger partial charge in [0, 0.05) is 24.7 Å². The number of hydrogen-bond donors (Lipinski definition) is 0. The summed E-state index contributed by atoms with van der Waals surface area (Å²) in [5.41, 5.74) is 2.12. The zero-order chi connectivity index (χ0) is 16.5. The molecule has 0 fully saturated rings. The number of hydrogen-bond acceptors (Lipinski definition) is 5. The van der Waals surface area contributed by atoms with Crippen LogP contribution in [0.25, 0.3) is 11.5 Å². The van der Waals surface area contributed by atoms with Crippen LogP contribution in [-0.2, 0) is 13.0 Å². The van der Waals surface area contributed by atoms with Gasteiger partial charge in [-0.15, -0.1) is 0 Å². The fourth-order valence-corrected chi connectivity index (χ4v) is 2.83. The molecule has 0 bridgehead atoms. The lowest BCUT2D eigenvalue weighted by atomic mass is 10.1. The summed E-state index contributed by atoms with van der Waals surface area (Å²) in [5.74, 6) is 1.70. The van der Waals surface area contributed by atoms with Crippen molar-refractivity contribution in [3.05, 3.63) is 65.4 Å². The lowest BCUT2D eigenvalue weighted by molar-refractivity contribution is 0.498. The summed E-state index contributed by atoms with van der Waals surface area (Å²) in [6.07, 6.45) is 2.36. The Hall–Kier alpha value is -3.20. The molecule has 24 heavy (non-hydrogen) atoms. The van der Waals surface area contributed by atoms with Crippen LogP contribution in [0.15, 0.2) is 47.0 Å². The van der Waals surface area contributed by atoms with Crippen LogP contribution >= 0.6 is 0 Å². The quantitative estimate of drug-likeness (QED) is 0.725. The van der Waals surface area contributed by atoms with Crippen molar-refractivity contribution in [3.63, 3.8) is 0 Å². The second kappa shape index (κ2) is 5.78. The molecule has 1 aliphatic rings. The molecule has 1 aromatic carbocycles. The molecule has 0 unspecified atom stereocenters. The molecule has 3 heterocycles. The topological polar surface area (TPSA) is 66.0 Å². The van der Waals surface area contributed by atoms with E-state index in [0.29, 0.717) is 36.8 Å². The minimum absolute atomic E-state index is 0.291. The molecule has 1 aliphatic heterocycles. The molecule has 0 N–H and O–H groups in total. The number of fused-ring (bicyclic) bond motifs is 1. The average Bonchev–Trinajstić information content (AvgIpc) is 3.05. The third kappa shape index (κ3) is 2.50. The summed E-state index contributed by atoms with van der Waals surface area (Å²) in [6, 6.07) is 11.7. The van der Waals surface area contributed by atoms with E-state index in [-0.39, 0.29) is 5.82 Å². The van der Waals surface area contributed by atoms with E-state index in [9.17, 15) is 9.65 Å². The minimum atomic E-state index is -0.291. The Labute approximate surface area is 138 Å². The van der Waals surface area contributed by atoms with Crippen molar-refractivity contribution in [1.29, 1.82) is 5.26 Å². The van der Waals surface area contributed by atoms with Gasteiger partial charge >= 0.3 is 0 Å². The first-order chi connectivity index (χ1) is 11.7. The molecule has 0 saturated carbocycles. The third-order valence-electron chi connectivity index (χ3n) is 4.03. The molecule has 0 saturated heterocycles. The fourth-order valence-electron chi connectivity index (χ4n) is 2.83. The second-order valence-corrected chi connectivity index (χ2v) is 5.55. The standard InChI is InChI=1S/C18H13FN4O/c19-14-5-3-12(4-6-14)18-22-15-11-23(9-7-16(15)24-18)17-13(10-20)2-1-8-21-17/h1-6,8H,7,9,11H2. The molecule has 3 aromatic rings. The SMILES string of the molecule is N#Cc1cccnc1N1CCc2oc(-c3ccc(F)cc3)nc2C1. The van der Waals surface area contributed by atoms with Crippen LogP contribution in [0.1, 0.15) is 17.0 Å². The van der Waals surface area contributed by atoms with Crippen LogP contribution < -0.4 is 4.90 Å². The van der Waals surface area contributed by atoms with Gasteiger partial charge in [0.15, 0.2) is 0 Å². The van der Waals surface area contributed by atoms with Crippen molar-refractivity contribution in [1.82, 2.24) is 9.97 Å². The fraction of sp³-hybridized carbons (Fsp3) is 0.167. The predicted octanol–water partition coefficient (Wildman–Crippen LogP) is 3.31. The van der Waals surface area contributed by atoms with E-state index in [2.05, 4.69) is 16.0 Å². The lowest BCUT2D eigenvalue weighted by Gasteiger charge is -2.26. The highest BCUT2D eigenvalue weighted by molar-refractivity contribution is 5.56. The smallest absolute Gasteiger partial charge is 0.226 e. The van der Waals surface area contributed by atoms with E-state index in [0.717, 1.165) is 17.0 Å². The number of pyridine rings is 1. The van der Waals surface area contributed by atoms with Crippen molar-refractivity contribution in [2.75, 3.05) is 11.4 Å². The zero-order valence-corrected chi connectivity index (χ0v) is 12.7. The van der Waals surface area contributed by atoms with Crippen molar-refractivity contribution in [2.45, 2.75) is 13.0 Å². The van der Waals surface area contributed by atoms with Crippen LogP contribution in [0.4, 0.5) is 10.2 Å². The maximum atomic E-state index is 13.0. The number of nitrogens with zero attached hydrogens (tertiary/aromatic N) is 4. The highest BCUT2D eigenvalue weighted by Gasteiger charge is 2.25. The Morgan fingerprint density at radius 3 is 2.83 bits per heavy atom. The Bertz CT molecular complexity index is 927. The molecule has 0 amide bonds. The number of halogens is 1. The number of aromatic nitrogens is 2. The summed E-state index contributed by atoms with van der Waals surface area (Å²) in [7, 11) is 0. The maximum Gasteiger partial charge on any atom is 0.226 e. The number of anilines is 1. The summed E-state index contributed by atoms with van der Waals surface area (Å²) >= 11 is 0. The molecule has 2 aromatic heterocycles. The molecule has 4 rings (SSSR count). The Morgan fingerprint density at radius 1 is 1.21 bits per heavy atom. The number of nitriles is 1. The largest absolute Gasteiger partial charge is 0.441 e. The Kier molecular flexibility index (Phi) is 3.47. The number of oxazole rings is 1. The second-order valence-electron chi connectivity index (χ2n) is 5.55. The first kappa shape index (κ1) is 14.4. The van der Waals surface area contributed by atoms with Crippen molar-refractivity contribution >= 4 is 5.82 Å². The summed E-state index contributed by atoms with van der Waals surface area (Å²) in [6.45, 7) is 1.24. The molecular weight excluding hydrogens is 307 g/mol. The van der Waals surface area contributed by atoms with Crippen molar-refractivity contribution in [2.24, 2.45) is 0 Å². The van der Waals surface area contributed by atoms with Gasteiger partial charge in [-0.2, -0.15) is 5.26 Å². The molecule has 0 spiro atoms. The maximum absolute atomic E-state index is 13.0. The predicted molar refractivity (Wildman–Crippen MR) is 85.6 cm³/mol. The molecule has 0 atom stereocenters. The minimum Gasteiger partial charge on any atom is -0.441 e. The van der Waals surface area contributed by atoms with Crippen LogP contribution in [0, 0.1) is 17.1 Å². The van der Waals surface area contributed by atoms with Crippen LogP contribution in [0.2, 0.25) is 0 Å². The monoisotopic (exact) mass is 320 g/mol. The summed E-state index contributed by atoms with van der Waals surface area (Å²) in [5, 5.41) is 9.24. The Balaban J connectivity index is 1.64. The van der Waals surface area contributed by atoms with E-state index in [1.807, 2.05) is 4.90 Å². The van der Waals surface area contributed by atoms with Gasteiger partial charge in [-0.05, 0) is 36.4 Å². The van der Waals surface area contributed by atoms with Crippen LogP contribution in [-0.4, -0.2) is 16.5 Å². The molecular formula is C18H13FN4O. The van der Waals surface area contributed by atoms with E-state index < -0.39 is 0 Å². The molecule has 6 heteroatoms. The van der Waals surface area contributed by atoms with Crippen LogP contribution in [0.5, 0.6) is 0 Å². The van der Waals surface area contributed by atoms with Gasteiger partial charge in [-0.1, -0.05) is 0 Å². The van der Waals surface area contributed by atoms with Gasteiger partial charge in [0.25, 0.3) is 0 Å². The molecule has 5 nitrogen and oxygen atoms in total. The number of benzene rings is 1. The normalized spacial score (nSPS) is 13.4. The molecule has 0 radical (unpaired) electrons. The van der Waals surface area contributed by atoms with E-state index >= 15 is 0 Å². The highest BCUT2D eigenvalue weighted by Crippen LogP contribution is 2.29. The van der Waals surface area contributed by atoms with E-state index in [4.69, 9.17) is 4.42 Å². The zero-order valence-electron chi connectivity index (χ0n) is 12.7. The Morgan fingerprint density at radius 2 is 2.04 bits per heavy atom. The van der Waals surface area contributed by atoms with Gasteiger partial charge in [0.2, 0.25) is 5.89 Å². The first-order valence-corrected chi connectivity index (χ1v) is 7.59. The van der Waals surface area contributed by atoms with Gasteiger partial charge in [0.05, 0.1) is 12.1 Å². The summed E-state index contributed by atoms with van der Waals surface area (Å²) in [4.78, 5) is 10.9. The third-order valence-corrected chi connectivity index (χ3v) is 4.03. The van der Waals surface area contributed by atoms with Gasteiger partial charge < -0.3 is 9.32 Å². The van der Waals surface area contributed by atoms with Gasteiger partial charge in [-0.25, -0.2) is 14.4 Å². The van der Waals surface area contributed by atoms with E-state index in [1.54, 1.807) is 30.5 Å². The van der Waals surface area contributed by atoms with Gasteiger partial charge in [0.1, 0.15) is 29.2 Å². The van der Waals surface area contributed by atoms with Crippen molar-refractivity contribution < 1.29 is 8.81 Å². The molecule has 0 aliphatic carbocycles. The van der Waals surface area contributed by atoms with Crippen LogP contribution in [0.3, 0.4) is 0 Å². The van der Waals surface area contributed by atoms with Crippen molar-refractivity contribution in [3.8, 4) is 17.5 Å². The average molecular weight is 320 g/mol. The highest BCUT2D eigenvalue weighted by atomic mass is 19.1. The number of rotatable bonds is 2. The van der Waals surface area contributed by atoms with E-state index in [1.165, 1.54) is 12.1 Å². The summed E-state index contributed by atoms with van der Waals surface area (Å²) < 4.78 is 18.9. The lowest BCUT2D eigenvalue weighted by Crippen LogP contribution is -2.31. The first-order valence-electron chi connectivity index (χ1n) is 7.59.